The summed E-state index contributed by atoms with van der Waals surface area (Å²) < 4.78 is 8.28. The summed E-state index contributed by atoms with van der Waals surface area (Å²) in [5, 5.41) is 9.04. The molecule has 7 aromatic rings. The van der Waals surface area contributed by atoms with Crippen molar-refractivity contribution in [2.45, 2.75) is 32.2 Å². The van der Waals surface area contributed by atoms with Crippen molar-refractivity contribution in [3.8, 4) is 44.5 Å². The van der Waals surface area contributed by atoms with Gasteiger partial charge >= 0.3 is 5.97 Å². The second-order valence-corrected chi connectivity index (χ2v) is 15.3. The van der Waals surface area contributed by atoms with Crippen molar-refractivity contribution in [3.05, 3.63) is 145 Å². The van der Waals surface area contributed by atoms with Gasteiger partial charge in [-0.25, -0.2) is 28.2 Å². The summed E-state index contributed by atoms with van der Waals surface area (Å²) in [5.41, 5.74) is 15.4. The van der Waals surface area contributed by atoms with E-state index in [4.69, 9.17) is 15.1 Å². The minimum atomic E-state index is -0.742. The third-order valence-electron chi connectivity index (χ3n) is 11.0. The zero-order valence-electron chi connectivity index (χ0n) is 33.4. The fourth-order valence-corrected chi connectivity index (χ4v) is 7.94. The van der Waals surface area contributed by atoms with E-state index in [-0.39, 0.29) is 6.42 Å². The van der Waals surface area contributed by atoms with Crippen LogP contribution in [0.3, 0.4) is 0 Å². The number of unbranched alkanes of at least 4 members (excludes halogenated alkanes) is 2. The molecular weight excluding hydrogens is 733 g/mol. The Morgan fingerprint density at radius 1 is 0.475 bits per heavy atom. The van der Waals surface area contributed by atoms with Crippen LogP contribution in [0.4, 0.5) is 0 Å². The Bertz CT molecular complexity index is 2900. The number of hydrogen-bond acceptors (Lipinski definition) is 3. The van der Waals surface area contributed by atoms with E-state index in [1.807, 2.05) is 34.8 Å². The van der Waals surface area contributed by atoms with Crippen LogP contribution in [0.15, 0.2) is 122 Å². The number of aryl methyl sites for hydroxylation is 4. The van der Waals surface area contributed by atoms with Gasteiger partial charge in [0.15, 0.2) is 49.6 Å². The second-order valence-electron chi connectivity index (χ2n) is 15.3. The smallest absolute Gasteiger partial charge is 0.303 e. The first-order chi connectivity index (χ1) is 28.8. The number of aliphatic carboxylic acids is 1. The molecule has 9 heterocycles. The molecule has 0 spiro atoms. The highest BCUT2D eigenvalue weighted by atomic mass is 16.4. The Morgan fingerprint density at radius 2 is 0.797 bits per heavy atom. The maximum absolute atomic E-state index is 11.0. The third-order valence-corrected chi connectivity index (χ3v) is 11.0. The number of nitrogens with one attached hydrogen (secondary N) is 2. The van der Waals surface area contributed by atoms with Gasteiger partial charge in [0.1, 0.15) is 27.7 Å². The van der Waals surface area contributed by atoms with Gasteiger partial charge in [0, 0.05) is 106 Å². The van der Waals surface area contributed by atoms with Gasteiger partial charge in [-0.05, 0) is 83.7 Å². The molecule has 59 heavy (non-hydrogen) atoms. The van der Waals surface area contributed by atoms with Crippen molar-refractivity contribution in [2.24, 2.45) is 21.1 Å². The van der Waals surface area contributed by atoms with Crippen LogP contribution in [0.5, 0.6) is 0 Å². The molecule has 8 bridgehead atoms. The monoisotopic (exact) mass is 778 g/mol. The van der Waals surface area contributed by atoms with Crippen LogP contribution < -0.4 is 18.3 Å². The molecule has 10 nitrogen and oxygen atoms in total. The predicted octanol–water partition coefficient (Wildman–Crippen LogP) is 7.73. The third kappa shape index (κ3) is 7.72. The van der Waals surface area contributed by atoms with Crippen molar-refractivity contribution < 1.29 is 28.2 Å². The number of hydrogen-bond donors (Lipinski definition) is 3. The maximum Gasteiger partial charge on any atom is 0.303 e. The van der Waals surface area contributed by atoms with Gasteiger partial charge in [0.25, 0.3) is 0 Å². The molecule has 0 aliphatic carbocycles. The molecule has 7 aromatic heterocycles. The fraction of sp³-hybridized carbons (Fsp3) is 0.163. The number of aromatic nitrogens is 8. The van der Waals surface area contributed by atoms with E-state index in [2.05, 4.69) is 161 Å². The Balaban J connectivity index is 1.33. The zero-order chi connectivity index (χ0) is 40.5. The lowest BCUT2D eigenvalue weighted by atomic mass is 10.0. The van der Waals surface area contributed by atoms with Crippen LogP contribution in [0, 0.1) is 0 Å². The molecule has 0 aromatic carbocycles. The van der Waals surface area contributed by atoms with Gasteiger partial charge in [-0.2, -0.15) is 0 Å². The van der Waals surface area contributed by atoms with Crippen LogP contribution in [0.2, 0.25) is 0 Å². The predicted molar refractivity (Wildman–Crippen MR) is 230 cm³/mol. The lowest BCUT2D eigenvalue weighted by molar-refractivity contribution is -0.697. The van der Waals surface area contributed by atoms with Gasteiger partial charge in [0.05, 0.1) is 22.8 Å². The molecule has 2 aliphatic heterocycles. The number of nitrogens with zero attached hydrogens (tertiary/aromatic N) is 6. The van der Waals surface area contributed by atoms with Crippen molar-refractivity contribution >= 4 is 52.3 Å². The van der Waals surface area contributed by atoms with Gasteiger partial charge in [-0.15, -0.1) is 0 Å². The number of pyridine rings is 4. The van der Waals surface area contributed by atoms with Gasteiger partial charge in [-0.1, -0.05) is 0 Å². The molecule has 0 atom stereocenters. The number of fused-ring (bicyclic) bond motifs is 8. The quantitative estimate of drug-likeness (QED) is 0.0976. The van der Waals surface area contributed by atoms with E-state index < -0.39 is 5.97 Å². The van der Waals surface area contributed by atoms with E-state index in [1.165, 1.54) is 0 Å². The molecular formula is C49H46N8O2+4. The Kier molecular flexibility index (Phi) is 10.0. The highest BCUT2D eigenvalue weighted by molar-refractivity contribution is 5.99. The number of carboxylic acids is 1. The molecule has 0 fully saturated rings. The lowest BCUT2D eigenvalue weighted by Gasteiger charge is -2.06. The van der Waals surface area contributed by atoms with Gasteiger partial charge < -0.3 is 15.1 Å². The van der Waals surface area contributed by atoms with Crippen LogP contribution in [-0.2, 0) is 32.5 Å². The Labute approximate surface area is 342 Å². The van der Waals surface area contributed by atoms with E-state index in [9.17, 15) is 4.79 Å². The number of aromatic amines is 2. The van der Waals surface area contributed by atoms with Crippen molar-refractivity contribution in [3.63, 3.8) is 0 Å². The summed E-state index contributed by atoms with van der Waals surface area (Å²) in [7, 11) is 6.08. The van der Waals surface area contributed by atoms with E-state index >= 15 is 0 Å². The van der Waals surface area contributed by atoms with Crippen LogP contribution in [0.1, 0.15) is 48.5 Å². The van der Waals surface area contributed by atoms with Gasteiger partial charge in [0.2, 0.25) is 0 Å². The first-order valence-electron chi connectivity index (χ1n) is 20.0. The van der Waals surface area contributed by atoms with Crippen LogP contribution >= 0.6 is 0 Å². The normalized spacial score (nSPS) is 12.0. The largest absolute Gasteiger partial charge is 0.481 e. The molecule has 10 heteroatoms. The molecule has 0 saturated carbocycles. The molecule has 2 aliphatic rings. The molecule has 0 amide bonds. The minimum absolute atomic E-state index is 0.207. The van der Waals surface area contributed by atoms with Crippen molar-refractivity contribution in [1.29, 1.82) is 0 Å². The van der Waals surface area contributed by atoms with Crippen molar-refractivity contribution in [2.75, 3.05) is 0 Å². The SMILES string of the molecule is C[n+]1ccc(-c2c3nc(c(-c4cc[n+](C)cc4)c4ccc([nH]4)c(-c4cc[n+](CCCCCC(=O)O)cc4)c4nc(c(-c5cc[n+](C)cc5)c5ccc2[nH]5)C=C4)C=C3)cc1. The topological polar surface area (TPSA) is 110 Å². The van der Waals surface area contributed by atoms with Crippen LogP contribution in [0.25, 0.3) is 90.9 Å². The Morgan fingerprint density at radius 3 is 1.12 bits per heavy atom. The van der Waals surface area contributed by atoms with Crippen LogP contribution in [-0.4, -0.2) is 31.0 Å². The van der Waals surface area contributed by atoms with E-state index in [1.54, 1.807) is 0 Å². The van der Waals surface area contributed by atoms with E-state index in [0.717, 1.165) is 109 Å². The minimum Gasteiger partial charge on any atom is -0.481 e. The molecule has 0 radical (unpaired) electrons. The summed E-state index contributed by atoms with van der Waals surface area (Å²) >= 11 is 0. The second kappa shape index (κ2) is 15.9. The summed E-state index contributed by atoms with van der Waals surface area (Å²) in [6, 6.07) is 25.7. The molecule has 9 rings (SSSR count). The average molecular weight is 779 g/mol. The molecule has 0 saturated heterocycles. The van der Waals surface area contributed by atoms with Gasteiger partial charge in [-0.3, -0.25) is 4.79 Å². The molecule has 290 valence electrons. The number of carbonyl (C=O) groups is 1. The van der Waals surface area contributed by atoms with E-state index in [0.29, 0.717) is 6.42 Å². The molecule has 3 N–H and O–H groups in total. The highest BCUT2D eigenvalue weighted by Crippen LogP contribution is 2.38. The summed E-state index contributed by atoms with van der Waals surface area (Å²) in [5.74, 6) is -0.742. The maximum atomic E-state index is 11.0. The standard InChI is InChI=1S/C49H43N8O2/c1-54-25-16-33(17-26-54)46-37-8-10-39(50-37)47(34-18-27-55(2)28-19-34)41-12-14-43(52-41)49(36-22-31-57(32-23-36)24-6-4-5-7-45(58)59)44-15-13-42(53-44)48(40-11-9-38(46)51-40)35-20-29-56(3)30-21-35/h8-23,25-32H,4-7,24H2,1-3H3/q+1/p+3. The zero-order valence-corrected chi connectivity index (χ0v) is 33.4. The highest BCUT2D eigenvalue weighted by Gasteiger charge is 2.20. The number of carboxylic acid groups (broad SMARTS) is 1. The van der Waals surface area contributed by atoms with Crippen molar-refractivity contribution in [1.82, 2.24) is 19.9 Å². The Hall–Kier alpha value is -7.33. The average Bonchev–Trinajstić information content (AvgIpc) is 4.08. The lowest BCUT2D eigenvalue weighted by Crippen LogP contribution is -2.32. The summed E-state index contributed by atoms with van der Waals surface area (Å²) in [4.78, 5) is 29.5. The molecule has 0 unspecified atom stereocenters. The first-order valence-corrected chi connectivity index (χ1v) is 20.0. The summed E-state index contributed by atoms with van der Waals surface area (Å²) in [6.07, 6.45) is 27.8. The fourth-order valence-electron chi connectivity index (χ4n) is 7.94. The first kappa shape index (κ1) is 37.3. The number of rotatable bonds is 10. The number of H-pyrrole nitrogens is 2. The summed E-state index contributed by atoms with van der Waals surface area (Å²) in [6.45, 7) is 0.815.